The molecule has 1 unspecified atom stereocenters. The maximum atomic E-state index is 12.5. The van der Waals surface area contributed by atoms with Crippen molar-refractivity contribution in [3.8, 4) is 5.75 Å². The van der Waals surface area contributed by atoms with Gasteiger partial charge in [0.15, 0.2) is 5.78 Å². The normalized spacial score (nSPS) is 18.3. The minimum Gasteiger partial charge on any atom is -0.496 e. The van der Waals surface area contributed by atoms with Gasteiger partial charge in [0.2, 0.25) is 0 Å². The van der Waals surface area contributed by atoms with E-state index in [1.807, 2.05) is 31.2 Å². The lowest BCUT2D eigenvalue weighted by Gasteiger charge is -2.21. The van der Waals surface area contributed by atoms with Crippen LogP contribution in [0.15, 0.2) is 24.3 Å². The molecule has 3 heteroatoms. The highest BCUT2D eigenvalue weighted by Gasteiger charge is 2.22. The Morgan fingerprint density at radius 3 is 2.50 bits per heavy atom. The molecule has 1 aliphatic carbocycles. The summed E-state index contributed by atoms with van der Waals surface area (Å²) in [6, 6.07) is 7.77. The number of carbonyl (C=O) groups excluding carboxylic acids is 1. The van der Waals surface area contributed by atoms with Crippen molar-refractivity contribution >= 4 is 5.78 Å². The molecule has 110 valence electrons. The third-order valence-corrected chi connectivity index (χ3v) is 4.11. The van der Waals surface area contributed by atoms with Crippen LogP contribution in [0.5, 0.6) is 5.75 Å². The van der Waals surface area contributed by atoms with Crippen LogP contribution in [0.2, 0.25) is 0 Å². The minimum absolute atomic E-state index is 0.117. The van der Waals surface area contributed by atoms with Crippen molar-refractivity contribution in [2.24, 2.45) is 0 Å². The minimum atomic E-state index is -0.158. The zero-order valence-corrected chi connectivity index (χ0v) is 12.5. The van der Waals surface area contributed by atoms with Crippen LogP contribution in [0.3, 0.4) is 0 Å². The first-order valence-electron chi connectivity index (χ1n) is 7.65. The largest absolute Gasteiger partial charge is 0.496 e. The third-order valence-electron chi connectivity index (χ3n) is 4.11. The molecular formula is C17H25NO2. The molecule has 2 rings (SSSR count). The lowest BCUT2D eigenvalue weighted by atomic mass is 10.0. The highest BCUT2D eigenvalue weighted by Crippen LogP contribution is 2.21. The fraction of sp³-hybridized carbons (Fsp3) is 0.588. The predicted molar refractivity (Wildman–Crippen MR) is 81.4 cm³/mol. The Labute approximate surface area is 121 Å². The van der Waals surface area contributed by atoms with Crippen molar-refractivity contribution in [1.29, 1.82) is 0 Å². The quantitative estimate of drug-likeness (QED) is 0.659. The van der Waals surface area contributed by atoms with Gasteiger partial charge in [-0.15, -0.1) is 0 Å². The average molecular weight is 275 g/mol. The number of benzene rings is 1. The summed E-state index contributed by atoms with van der Waals surface area (Å²) in [5.74, 6) is 0.777. The van der Waals surface area contributed by atoms with Crippen molar-refractivity contribution in [3.05, 3.63) is 29.8 Å². The number of ketones is 1. The van der Waals surface area contributed by atoms with Gasteiger partial charge in [0.05, 0.1) is 18.7 Å². The maximum Gasteiger partial charge on any atom is 0.183 e. The number of Topliss-reactive ketones (excluding diaryl/α,β-unsaturated/α-hetero) is 1. The van der Waals surface area contributed by atoms with E-state index in [0.717, 1.165) is 0 Å². The summed E-state index contributed by atoms with van der Waals surface area (Å²) >= 11 is 0. The van der Waals surface area contributed by atoms with Gasteiger partial charge in [0.25, 0.3) is 0 Å². The monoisotopic (exact) mass is 275 g/mol. The van der Waals surface area contributed by atoms with Gasteiger partial charge in [-0.1, -0.05) is 37.8 Å². The Bertz CT molecular complexity index is 436. The molecule has 0 bridgehead atoms. The van der Waals surface area contributed by atoms with E-state index in [2.05, 4.69) is 5.32 Å². The van der Waals surface area contributed by atoms with E-state index in [-0.39, 0.29) is 11.8 Å². The number of carbonyl (C=O) groups is 1. The molecule has 1 atom stereocenters. The maximum absolute atomic E-state index is 12.5. The van der Waals surface area contributed by atoms with Crippen LogP contribution in [0.25, 0.3) is 0 Å². The van der Waals surface area contributed by atoms with Gasteiger partial charge < -0.3 is 10.1 Å². The van der Waals surface area contributed by atoms with Crippen molar-refractivity contribution in [2.75, 3.05) is 7.11 Å². The first-order chi connectivity index (χ1) is 9.72. The van der Waals surface area contributed by atoms with Gasteiger partial charge in [-0.2, -0.15) is 0 Å². The first kappa shape index (κ1) is 15.0. The van der Waals surface area contributed by atoms with Crippen LogP contribution in [0, 0.1) is 0 Å². The molecule has 0 radical (unpaired) electrons. The first-order valence-corrected chi connectivity index (χ1v) is 7.65. The molecule has 1 aromatic rings. The Hall–Kier alpha value is -1.35. The predicted octanol–water partition coefficient (Wildman–Crippen LogP) is 3.58. The molecule has 1 aromatic carbocycles. The Kier molecular flexibility index (Phi) is 5.60. The molecule has 1 N–H and O–H groups in total. The smallest absolute Gasteiger partial charge is 0.183 e. The number of para-hydroxylation sites is 1. The lowest BCUT2D eigenvalue weighted by Crippen LogP contribution is -2.41. The van der Waals surface area contributed by atoms with E-state index < -0.39 is 0 Å². The summed E-state index contributed by atoms with van der Waals surface area (Å²) < 4.78 is 5.28. The highest BCUT2D eigenvalue weighted by atomic mass is 16.5. The molecule has 0 saturated heterocycles. The summed E-state index contributed by atoms with van der Waals surface area (Å²) in [5, 5.41) is 3.50. The molecule has 1 aliphatic rings. The standard InChI is InChI=1S/C17H25NO2/c1-13(18-14-9-5-3-4-6-10-14)17(19)15-11-7-8-12-16(15)20-2/h7-8,11-14,18H,3-6,9-10H2,1-2H3. The fourth-order valence-corrected chi connectivity index (χ4v) is 2.96. The summed E-state index contributed by atoms with van der Waals surface area (Å²) in [6.07, 6.45) is 7.56. The van der Waals surface area contributed by atoms with Crippen molar-refractivity contribution in [3.63, 3.8) is 0 Å². The van der Waals surface area contributed by atoms with Crippen LogP contribution >= 0.6 is 0 Å². The molecule has 20 heavy (non-hydrogen) atoms. The molecule has 0 aliphatic heterocycles. The van der Waals surface area contributed by atoms with Gasteiger partial charge in [-0.3, -0.25) is 4.79 Å². The molecule has 3 nitrogen and oxygen atoms in total. The zero-order chi connectivity index (χ0) is 14.4. The van der Waals surface area contributed by atoms with Gasteiger partial charge in [-0.05, 0) is 31.9 Å². The summed E-state index contributed by atoms with van der Waals surface area (Å²) in [5.41, 5.74) is 0.670. The van der Waals surface area contributed by atoms with Crippen molar-refractivity contribution in [1.82, 2.24) is 5.32 Å². The number of ether oxygens (including phenoxy) is 1. The van der Waals surface area contributed by atoms with E-state index in [1.54, 1.807) is 7.11 Å². The second-order valence-electron chi connectivity index (χ2n) is 5.64. The topological polar surface area (TPSA) is 38.3 Å². The number of rotatable bonds is 5. The molecule has 0 amide bonds. The summed E-state index contributed by atoms with van der Waals surface area (Å²) in [4.78, 5) is 12.5. The SMILES string of the molecule is COc1ccccc1C(=O)C(C)NC1CCCCCC1. The molecule has 0 spiro atoms. The molecule has 0 heterocycles. The average Bonchev–Trinajstić information content (AvgIpc) is 2.75. The molecular weight excluding hydrogens is 250 g/mol. The second kappa shape index (κ2) is 7.44. The van der Waals surface area contributed by atoms with Crippen LogP contribution in [0.4, 0.5) is 0 Å². The lowest BCUT2D eigenvalue weighted by molar-refractivity contribution is 0.0939. The van der Waals surface area contributed by atoms with E-state index in [4.69, 9.17) is 4.74 Å². The van der Waals surface area contributed by atoms with Gasteiger partial charge in [0, 0.05) is 6.04 Å². The van der Waals surface area contributed by atoms with Gasteiger partial charge in [-0.25, -0.2) is 0 Å². The highest BCUT2D eigenvalue weighted by molar-refractivity contribution is 6.02. The van der Waals surface area contributed by atoms with Crippen LogP contribution in [-0.4, -0.2) is 25.0 Å². The van der Waals surface area contributed by atoms with Gasteiger partial charge >= 0.3 is 0 Å². The molecule has 0 aromatic heterocycles. The molecule has 1 fully saturated rings. The Morgan fingerprint density at radius 2 is 1.85 bits per heavy atom. The Balaban J connectivity index is 2.00. The number of hydrogen-bond donors (Lipinski definition) is 1. The van der Waals surface area contributed by atoms with Crippen molar-refractivity contribution < 1.29 is 9.53 Å². The van der Waals surface area contributed by atoms with Crippen LogP contribution < -0.4 is 10.1 Å². The summed E-state index contributed by atoms with van der Waals surface area (Å²) in [7, 11) is 1.61. The third kappa shape index (κ3) is 3.83. The summed E-state index contributed by atoms with van der Waals surface area (Å²) in [6.45, 7) is 1.96. The number of hydrogen-bond acceptors (Lipinski definition) is 3. The van der Waals surface area contributed by atoms with E-state index in [0.29, 0.717) is 17.4 Å². The van der Waals surface area contributed by atoms with Crippen LogP contribution in [0.1, 0.15) is 55.8 Å². The van der Waals surface area contributed by atoms with E-state index >= 15 is 0 Å². The van der Waals surface area contributed by atoms with Crippen LogP contribution in [-0.2, 0) is 0 Å². The number of nitrogens with one attached hydrogen (secondary N) is 1. The molecule has 1 saturated carbocycles. The van der Waals surface area contributed by atoms with Gasteiger partial charge in [0.1, 0.15) is 5.75 Å². The van der Waals surface area contributed by atoms with E-state index in [9.17, 15) is 4.79 Å². The second-order valence-corrected chi connectivity index (χ2v) is 5.64. The Morgan fingerprint density at radius 1 is 1.20 bits per heavy atom. The fourth-order valence-electron chi connectivity index (χ4n) is 2.96. The van der Waals surface area contributed by atoms with E-state index in [1.165, 1.54) is 38.5 Å². The van der Waals surface area contributed by atoms with Crippen molar-refractivity contribution in [2.45, 2.75) is 57.5 Å². The zero-order valence-electron chi connectivity index (χ0n) is 12.5. The number of methoxy groups -OCH3 is 1.